The standard InChI is InChI=1S/C9H10ClNOS2/c1-13-8(14(2)12)6-7-4-3-5-11-9(7)10/h3-6H,1-2H3. The average molecular weight is 248 g/mol. The SMILES string of the molecule is CSC(=Cc1cccnc1Cl)S(C)=O. The quantitative estimate of drug-likeness (QED) is 0.770. The fourth-order valence-corrected chi connectivity index (χ4v) is 2.54. The van der Waals surface area contributed by atoms with Crippen molar-refractivity contribution in [1.82, 2.24) is 4.98 Å². The van der Waals surface area contributed by atoms with Gasteiger partial charge in [-0.15, -0.1) is 11.8 Å². The van der Waals surface area contributed by atoms with Gasteiger partial charge in [-0.1, -0.05) is 17.7 Å². The predicted molar refractivity (Wildman–Crippen MR) is 64.8 cm³/mol. The minimum absolute atomic E-state index is 0.435. The van der Waals surface area contributed by atoms with Gasteiger partial charge in [0.1, 0.15) is 5.15 Å². The van der Waals surface area contributed by atoms with Crippen molar-refractivity contribution in [1.29, 1.82) is 0 Å². The van der Waals surface area contributed by atoms with Crippen molar-refractivity contribution in [3.63, 3.8) is 0 Å². The highest BCUT2D eigenvalue weighted by atomic mass is 35.5. The van der Waals surface area contributed by atoms with Crippen LogP contribution in [0.4, 0.5) is 0 Å². The number of thioether (sulfide) groups is 1. The van der Waals surface area contributed by atoms with Gasteiger partial charge in [-0.05, 0) is 18.4 Å². The topological polar surface area (TPSA) is 30.0 Å². The van der Waals surface area contributed by atoms with Gasteiger partial charge in [0.05, 0.1) is 15.0 Å². The van der Waals surface area contributed by atoms with E-state index < -0.39 is 10.8 Å². The van der Waals surface area contributed by atoms with Crippen molar-refractivity contribution >= 4 is 40.2 Å². The number of hydrogen-bond donors (Lipinski definition) is 0. The third-order valence-corrected chi connectivity index (χ3v) is 4.27. The van der Waals surface area contributed by atoms with E-state index in [0.29, 0.717) is 5.15 Å². The molecule has 0 aliphatic carbocycles. The van der Waals surface area contributed by atoms with Gasteiger partial charge in [-0.25, -0.2) is 4.98 Å². The molecule has 1 aromatic rings. The van der Waals surface area contributed by atoms with Crippen LogP contribution in [-0.4, -0.2) is 21.7 Å². The second-order valence-corrected chi connectivity index (χ2v) is 5.32. The third-order valence-electron chi connectivity index (χ3n) is 1.55. The fourth-order valence-electron chi connectivity index (χ4n) is 0.892. The summed E-state index contributed by atoms with van der Waals surface area (Å²) in [5.41, 5.74) is 0.800. The maximum atomic E-state index is 11.2. The van der Waals surface area contributed by atoms with Gasteiger partial charge in [0, 0.05) is 18.0 Å². The third kappa shape index (κ3) is 3.12. The van der Waals surface area contributed by atoms with Crippen LogP contribution < -0.4 is 0 Å². The summed E-state index contributed by atoms with van der Waals surface area (Å²) in [7, 11) is -0.974. The van der Waals surface area contributed by atoms with Crippen molar-refractivity contribution < 1.29 is 4.21 Å². The van der Waals surface area contributed by atoms with Crippen LogP contribution in [0.25, 0.3) is 6.08 Å². The molecule has 0 spiro atoms. The Morgan fingerprint density at radius 1 is 1.71 bits per heavy atom. The molecule has 2 nitrogen and oxygen atoms in total. The Labute approximate surface area is 95.2 Å². The van der Waals surface area contributed by atoms with Crippen LogP contribution in [0.2, 0.25) is 5.15 Å². The molecule has 0 bridgehead atoms. The highest BCUT2D eigenvalue weighted by molar-refractivity contribution is 8.16. The molecule has 5 heteroatoms. The average Bonchev–Trinajstić information content (AvgIpc) is 2.16. The summed E-state index contributed by atoms with van der Waals surface area (Å²) < 4.78 is 12.0. The van der Waals surface area contributed by atoms with Crippen LogP contribution in [0.3, 0.4) is 0 Å². The van der Waals surface area contributed by atoms with E-state index in [4.69, 9.17) is 11.6 Å². The van der Waals surface area contributed by atoms with E-state index in [2.05, 4.69) is 4.98 Å². The molecular formula is C9H10ClNOS2. The first kappa shape index (κ1) is 11.8. The molecule has 0 aliphatic heterocycles. The lowest BCUT2D eigenvalue weighted by molar-refractivity contribution is 0.691. The molecule has 0 radical (unpaired) electrons. The van der Waals surface area contributed by atoms with Crippen LogP contribution in [0, 0.1) is 0 Å². The van der Waals surface area contributed by atoms with Gasteiger partial charge in [0.15, 0.2) is 0 Å². The van der Waals surface area contributed by atoms with Crippen LogP contribution in [0.5, 0.6) is 0 Å². The van der Waals surface area contributed by atoms with Crippen molar-refractivity contribution in [2.75, 3.05) is 12.5 Å². The largest absolute Gasteiger partial charge is 0.254 e. The number of halogens is 1. The van der Waals surface area contributed by atoms with E-state index in [1.807, 2.05) is 12.3 Å². The maximum absolute atomic E-state index is 11.2. The molecule has 0 aromatic carbocycles. The van der Waals surface area contributed by atoms with Crippen LogP contribution in [0.15, 0.2) is 22.6 Å². The van der Waals surface area contributed by atoms with Gasteiger partial charge in [0.25, 0.3) is 0 Å². The fraction of sp³-hybridized carbons (Fsp3) is 0.222. The molecular weight excluding hydrogens is 238 g/mol. The van der Waals surface area contributed by atoms with Crippen molar-refractivity contribution in [3.05, 3.63) is 33.3 Å². The number of rotatable bonds is 3. The summed E-state index contributed by atoms with van der Waals surface area (Å²) >= 11 is 7.32. The zero-order valence-electron chi connectivity index (χ0n) is 7.86. The highest BCUT2D eigenvalue weighted by Gasteiger charge is 2.02. The van der Waals surface area contributed by atoms with Crippen LogP contribution in [-0.2, 0) is 10.8 Å². The zero-order chi connectivity index (χ0) is 10.6. The Bertz CT molecular complexity index is 379. The molecule has 0 saturated carbocycles. The first-order chi connectivity index (χ1) is 6.65. The summed E-state index contributed by atoms with van der Waals surface area (Å²) in [6, 6.07) is 3.65. The Morgan fingerprint density at radius 2 is 2.43 bits per heavy atom. The Hall–Kier alpha value is -0.320. The summed E-state index contributed by atoms with van der Waals surface area (Å²) in [5.74, 6) is 0. The Kier molecular flexibility index (Phi) is 4.65. The summed E-state index contributed by atoms with van der Waals surface area (Å²) in [5, 5.41) is 0.435. The molecule has 0 fully saturated rings. The van der Waals surface area contributed by atoms with Crippen molar-refractivity contribution in [2.24, 2.45) is 0 Å². The smallest absolute Gasteiger partial charge is 0.136 e. The number of pyridine rings is 1. The minimum atomic E-state index is -0.974. The lowest BCUT2D eigenvalue weighted by Gasteiger charge is -2.00. The van der Waals surface area contributed by atoms with E-state index in [9.17, 15) is 4.21 Å². The second-order valence-electron chi connectivity index (χ2n) is 2.51. The molecule has 0 aliphatic rings. The van der Waals surface area contributed by atoms with Crippen LogP contribution >= 0.6 is 23.4 Å². The molecule has 14 heavy (non-hydrogen) atoms. The van der Waals surface area contributed by atoms with Crippen LogP contribution in [0.1, 0.15) is 5.56 Å². The minimum Gasteiger partial charge on any atom is -0.254 e. The molecule has 1 atom stereocenters. The molecule has 1 aromatic heterocycles. The summed E-state index contributed by atoms with van der Waals surface area (Å²) in [4.78, 5) is 3.94. The lowest BCUT2D eigenvalue weighted by atomic mass is 10.3. The van der Waals surface area contributed by atoms with E-state index >= 15 is 0 Å². The van der Waals surface area contributed by atoms with Gasteiger partial charge in [-0.3, -0.25) is 4.21 Å². The highest BCUT2D eigenvalue weighted by Crippen LogP contribution is 2.22. The van der Waals surface area contributed by atoms with Gasteiger partial charge in [-0.2, -0.15) is 0 Å². The molecule has 1 unspecified atom stereocenters. The lowest BCUT2D eigenvalue weighted by Crippen LogP contribution is -1.88. The van der Waals surface area contributed by atoms with Crippen molar-refractivity contribution in [2.45, 2.75) is 0 Å². The number of nitrogens with zero attached hydrogens (tertiary/aromatic N) is 1. The number of aromatic nitrogens is 1. The molecule has 1 rings (SSSR count). The van der Waals surface area contributed by atoms with Gasteiger partial charge < -0.3 is 0 Å². The van der Waals surface area contributed by atoms with Gasteiger partial charge in [0.2, 0.25) is 0 Å². The van der Waals surface area contributed by atoms with E-state index in [0.717, 1.165) is 9.80 Å². The predicted octanol–water partition coefficient (Wildman–Crippen LogP) is 2.77. The summed E-state index contributed by atoms with van der Waals surface area (Å²) in [6.45, 7) is 0. The maximum Gasteiger partial charge on any atom is 0.136 e. The van der Waals surface area contributed by atoms with E-state index in [1.165, 1.54) is 11.8 Å². The molecule has 76 valence electrons. The molecule has 0 N–H and O–H groups in total. The Balaban J connectivity index is 3.07. The van der Waals surface area contributed by atoms with Crippen molar-refractivity contribution in [3.8, 4) is 0 Å². The van der Waals surface area contributed by atoms with Gasteiger partial charge >= 0.3 is 0 Å². The normalized spacial score (nSPS) is 14.1. The molecule has 0 saturated heterocycles. The monoisotopic (exact) mass is 247 g/mol. The molecule has 0 amide bonds. The first-order valence-electron chi connectivity index (χ1n) is 3.84. The zero-order valence-corrected chi connectivity index (χ0v) is 10.2. The molecule has 1 heterocycles. The Morgan fingerprint density at radius 3 is 2.93 bits per heavy atom. The summed E-state index contributed by atoms with van der Waals surface area (Å²) in [6.07, 6.45) is 6.96. The first-order valence-corrected chi connectivity index (χ1v) is 7.01. The second kappa shape index (κ2) is 5.53. The van der Waals surface area contributed by atoms with E-state index in [1.54, 1.807) is 24.6 Å². The van der Waals surface area contributed by atoms with E-state index in [-0.39, 0.29) is 0 Å². The number of hydrogen-bond acceptors (Lipinski definition) is 3.